The van der Waals surface area contributed by atoms with Crippen LogP contribution in [0.15, 0.2) is 119 Å². The maximum Gasteiger partial charge on any atom is 0.196 e. The van der Waals surface area contributed by atoms with Crippen LogP contribution in [0.25, 0.3) is 0 Å². The topological polar surface area (TPSA) is 55.4 Å². The zero-order chi connectivity index (χ0) is 31.7. The summed E-state index contributed by atoms with van der Waals surface area (Å²) in [4.78, 5) is 29.6. The molecule has 0 spiro atoms. The first-order valence-corrected chi connectivity index (χ1v) is 16.1. The third-order valence-corrected chi connectivity index (χ3v) is 9.24. The minimum absolute atomic E-state index is 0.0442. The Bertz CT molecular complexity index is 1870. The van der Waals surface area contributed by atoms with E-state index in [4.69, 9.17) is 4.74 Å². The van der Waals surface area contributed by atoms with Gasteiger partial charge in [-0.1, -0.05) is 107 Å². The highest BCUT2D eigenvalue weighted by Crippen LogP contribution is 2.40. The van der Waals surface area contributed by atoms with Gasteiger partial charge in [-0.25, -0.2) is 0 Å². The molecule has 226 valence electrons. The fourth-order valence-corrected chi connectivity index (χ4v) is 6.48. The van der Waals surface area contributed by atoms with Crippen LogP contribution < -0.4 is 10.1 Å². The predicted molar refractivity (Wildman–Crippen MR) is 184 cm³/mol. The summed E-state index contributed by atoms with van der Waals surface area (Å²) in [6, 6.07) is 35.5. The highest BCUT2D eigenvalue weighted by Gasteiger charge is 2.33. The minimum Gasteiger partial charge on any atom is -0.489 e. The number of ether oxygens (including phenoxy) is 1. The zero-order valence-electron chi connectivity index (χ0n) is 26.3. The quantitative estimate of drug-likeness (QED) is 0.186. The molecule has 0 bridgehead atoms. The Hall–Kier alpha value is -4.61. The smallest absolute Gasteiger partial charge is 0.196 e. The number of rotatable bonds is 8. The van der Waals surface area contributed by atoms with Gasteiger partial charge in [-0.2, -0.15) is 0 Å². The molecule has 1 aliphatic carbocycles. The molecule has 1 N–H and O–H groups in total. The number of carbonyl (C=O) groups excluding carboxylic acids is 2. The SMILES string of the molecule is CC(C)c1ccc(COc2ccc(Sc3cccc4c3C(=O)c3cccc(Nc5ccc(C(C)(C)C)cc5)c3C4=O)cc2)cc1. The lowest BCUT2D eigenvalue weighted by molar-refractivity contribution is 0.0977. The summed E-state index contributed by atoms with van der Waals surface area (Å²) in [5.74, 6) is 0.982. The zero-order valence-corrected chi connectivity index (χ0v) is 27.1. The number of benzene rings is 5. The van der Waals surface area contributed by atoms with Gasteiger partial charge in [0.05, 0.1) is 11.3 Å². The van der Waals surface area contributed by atoms with Gasteiger partial charge in [-0.3, -0.25) is 9.59 Å². The second-order valence-corrected chi connectivity index (χ2v) is 13.9. The van der Waals surface area contributed by atoms with Gasteiger partial charge in [-0.15, -0.1) is 0 Å². The second kappa shape index (κ2) is 12.4. The summed E-state index contributed by atoms with van der Waals surface area (Å²) >= 11 is 1.48. The lowest BCUT2D eigenvalue weighted by Gasteiger charge is -2.23. The number of carbonyl (C=O) groups is 2. The number of nitrogens with one attached hydrogen (secondary N) is 1. The molecule has 1 aliphatic rings. The van der Waals surface area contributed by atoms with Crippen molar-refractivity contribution in [2.75, 3.05) is 5.32 Å². The molecular weight excluding hydrogens is 575 g/mol. The second-order valence-electron chi connectivity index (χ2n) is 12.8. The number of hydrogen-bond donors (Lipinski definition) is 1. The van der Waals surface area contributed by atoms with E-state index >= 15 is 0 Å². The van der Waals surface area contributed by atoms with E-state index < -0.39 is 0 Å². The van der Waals surface area contributed by atoms with Gasteiger partial charge in [0.1, 0.15) is 12.4 Å². The van der Waals surface area contributed by atoms with Gasteiger partial charge in [0.25, 0.3) is 0 Å². The molecule has 0 atom stereocenters. The van der Waals surface area contributed by atoms with E-state index in [1.165, 1.54) is 22.9 Å². The fourth-order valence-electron chi connectivity index (χ4n) is 5.50. The van der Waals surface area contributed by atoms with E-state index in [1.54, 1.807) is 12.1 Å². The van der Waals surface area contributed by atoms with Crippen molar-refractivity contribution in [1.29, 1.82) is 0 Å². The van der Waals surface area contributed by atoms with E-state index in [0.717, 1.165) is 26.8 Å². The minimum atomic E-state index is -0.151. The third kappa shape index (κ3) is 6.45. The van der Waals surface area contributed by atoms with E-state index in [9.17, 15) is 9.59 Å². The lowest BCUT2D eigenvalue weighted by Crippen LogP contribution is -2.23. The first-order chi connectivity index (χ1) is 21.6. The first-order valence-electron chi connectivity index (χ1n) is 15.3. The molecule has 0 aromatic heterocycles. The van der Waals surface area contributed by atoms with Crippen LogP contribution >= 0.6 is 11.8 Å². The van der Waals surface area contributed by atoms with Crippen molar-refractivity contribution >= 4 is 34.7 Å². The lowest BCUT2D eigenvalue weighted by atomic mass is 9.83. The predicted octanol–water partition coefficient (Wildman–Crippen LogP) is 10.4. The molecule has 0 fully saturated rings. The molecule has 0 heterocycles. The third-order valence-electron chi connectivity index (χ3n) is 8.17. The Morgan fingerprint density at radius 2 is 1.33 bits per heavy atom. The fraction of sp³-hybridized carbons (Fsp3) is 0.200. The van der Waals surface area contributed by atoms with Crippen molar-refractivity contribution in [3.8, 4) is 5.75 Å². The van der Waals surface area contributed by atoms with Crippen molar-refractivity contribution < 1.29 is 14.3 Å². The molecule has 6 rings (SSSR count). The van der Waals surface area contributed by atoms with Crippen molar-refractivity contribution in [3.63, 3.8) is 0 Å². The van der Waals surface area contributed by atoms with E-state index in [0.29, 0.717) is 40.5 Å². The van der Waals surface area contributed by atoms with E-state index in [2.05, 4.69) is 76.3 Å². The molecule has 5 aromatic rings. The highest BCUT2D eigenvalue weighted by atomic mass is 32.2. The van der Waals surface area contributed by atoms with Gasteiger partial charge in [0.15, 0.2) is 11.6 Å². The van der Waals surface area contributed by atoms with Gasteiger partial charge in [0, 0.05) is 32.2 Å². The van der Waals surface area contributed by atoms with Crippen LogP contribution in [0.4, 0.5) is 11.4 Å². The molecular formula is C40H37NO3S. The highest BCUT2D eigenvalue weighted by molar-refractivity contribution is 7.99. The van der Waals surface area contributed by atoms with Crippen LogP contribution in [0.5, 0.6) is 5.75 Å². The molecule has 0 radical (unpaired) electrons. The summed E-state index contributed by atoms with van der Waals surface area (Å²) in [6.07, 6.45) is 0. The van der Waals surface area contributed by atoms with Crippen molar-refractivity contribution in [2.24, 2.45) is 0 Å². The van der Waals surface area contributed by atoms with Gasteiger partial charge in [0.2, 0.25) is 0 Å². The molecule has 5 aromatic carbocycles. The molecule has 45 heavy (non-hydrogen) atoms. The van der Waals surface area contributed by atoms with Gasteiger partial charge in [-0.05, 0) is 76.6 Å². The summed E-state index contributed by atoms with van der Waals surface area (Å²) < 4.78 is 6.02. The summed E-state index contributed by atoms with van der Waals surface area (Å²) in [7, 11) is 0. The Labute approximate surface area is 269 Å². The van der Waals surface area contributed by atoms with E-state index in [-0.39, 0.29) is 17.0 Å². The standard InChI is InChI=1S/C40H37NO3S/c1-25(2)27-14-12-26(13-15-27)24-44-30-20-22-31(23-21-30)45-35-11-7-9-33-37(35)39(43)32-8-6-10-34(36(32)38(33)42)41-29-18-16-28(17-19-29)40(3,4)5/h6-23,25,41H,24H2,1-5H3. The number of fused-ring (bicyclic) bond motifs is 2. The summed E-state index contributed by atoms with van der Waals surface area (Å²) in [6.45, 7) is 11.4. The van der Waals surface area contributed by atoms with Crippen LogP contribution in [0.1, 0.15) is 89.1 Å². The first kappa shape index (κ1) is 30.4. The van der Waals surface area contributed by atoms with Crippen molar-refractivity contribution in [1.82, 2.24) is 0 Å². The maximum atomic E-state index is 13.9. The largest absolute Gasteiger partial charge is 0.489 e. The summed E-state index contributed by atoms with van der Waals surface area (Å²) in [5, 5.41) is 3.39. The van der Waals surface area contributed by atoms with Crippen LogP contribution in [-0.2, 0) is 12.0 Å². The van der Waals surface area contributed by atoms with Gasteiger partial charge < -0.3 is 10.1 Å². The Balaban J connectivity index is 1.19. The monoisotopic (exact) mass is 611 g/mol. The average Bonchev–Trinajstić information content (AvgIpc) is 3.03. The Morgan fingerprint density at radius 3 is 1.98 bits per heavy atom. The molecule has 0 unspecified atom stereocenters. The molecule has 5 heteroatoms. The van der Waals surface area contributed by atoms with Gasteiger partial charge >= 0.3 is 0 Å². The van der Waals surface area contributed by atoms with E-state index in [1.807, 2.05) is 60.7 Å². The van der Waals surface area contributed by atoms with Crippen LogP contribution in [0.2, 0.25) is 0 Å². The normalized spacial score (nSPS) is 12.6. The van der Waals surface area contributed by atoms with Crippen molar-refractivity contribution in [2.45, 2.75) is 62.3 Å². The molecule has 0 saturated heterocycles. The number of ketones is 2. The Kier molecular flexibility index (Phi) is 8.39. The summed E-state index contributed by atoms with van der Waals surface area (Å²) in [5.41, 5.74) is 6.91. The molecule has 4 nitrogen and oxygen atoms in total. The average molecular weight is 612 g/mol. The van der Waals surface area contributed by atoms with Crippen LogP contribution in [0.3, 0.4) is 0 Å². The Morgan fingerprint density at radius 1 is 0.711 bits per heavy atom. The van der Waals surface area contributed by atoms with Crippen molar-refractivity contribution in [3.05, 3.63) is 148 Å². The number of hydrogen-bond acceptors (Lipinski definition) is 5. The molecule has 0 aliphatic heterocycles. The molecule has 0 saturated carbocycles. The number of anilines is 2. The molecule has 0 amide bonds. The van der Waals surface area contributed by atoms with Crippen LogP contribution in [0, 0.1) is 0 Å². The maximum absolute atomic E-state index is 13.9. The van der Waals surface area contributed by atoms with Crippen LogP contribution in [-0.4, -0.2) is 11.6 Å².